The van der Waals surface area contributed by atoms with Crippen molar-refractivity contribution < 1.29 is 13.6 Å². The van der Waals surface area contributed by atoms with Gasteiger partial charge in [0.2, 0.25) is 5.95 Å². The van der Waals surface area contributed by atoms with Gasteiger partial charge in [0.05, 0.1) is 17.8 Å². The first-order valence-electron chi connectivity index (χ1n) is 13.6. The van der Waals surface area contributed by atoms with Crippen LogP contribution in [0.4, 0.5) is 20.5 Å². The van der Waals surface area contributed by atoms with Crippen molar-refractivity contribution in [3.8, 4) is 11.3 Å². The first kappa shape index (κ1) is 27.7. The molecule has 3 aromatic heterocycles. The van der Waals surface area contributed by atoms with Gasteiger partial charge in [-0.05, 0) is 58.0 Å². The standard InChI is InChI=1S/C29H34F2N8O/c1-6-37-9-11-38(12-10-37)28(18(4)40)20-7-8-25(32-15-20)35-29-33-16-23(31)26(36-29)21-13-22(30)27-24(14-21)39(17(2)3)19(5)34-27/h7-8,13-17,28H,6,9-12H2,1-5H3,(H,32,33,35,36)/t28-/m0/s1. The maximum atomic E-state index is 15.0. The van der Waals surface area contributed by atoms with Crippen molar-refractivity contribution in [1.82, 2.24) is 34.3 Å². The van der Waals surface area contributed by atoms with Gasteiger partial charge in [0.1, 0.15) is 22.9 Å². The number of benzene rings is 1. The van der Waals surface area contributed by atoms with Gasteiger partial charge in [0.25, 0.3) is 0 Å². The number of pyridine rings is 1. The first-order valence-corrected chi connectivity index (χ1v) is 13.6. The van der Waals surface area contributed by atoms with Crippen LogP contribution in [0.5, 0.6) is 0 Å². The van der Waals surface area contributed by atoms with Gasteiger partial charge in [-0.15, -0.1) is 0 Å². The highest BCUT2D eigenvalue weighted by Gasteiger charge is 2.28. The number of rotatable bonds is 8. The third kappa shape index (κ3) is 5.44. The molecular formula is C29H34F2N8O. The zero-order valence-electron chi connectivity index (χ0n) is 23.4. The monoisotopic (exact) mass is 548 g/mol. The van der Waals surface area contributed by atoms with Crippen LogP contribution >= 0.6 is 0 Å². The van der Waals surface area contributed by atoms with Gasteiger partial charge in [-0.1, -0.05) is 13.0 Å². The summed E-state index contributed by atoms with van der Waals surface area (Å²) in [7, 11) is 0. The van der Waals surface area contributed by atoms with Crippen molar-refractivity contribution in [2.75, 3.05) is 38.0 Å². The van der Waals surface area contributed by atoms with Crippen LogP contribution in [0, 0.1) is 18.6 Å². The highest BCUT2D eigenvalue weighted by Crippen LogP contribution is 2.31. The number of likely N-dealkylation sites (N-methyl/N-ethyl adjacent to an activating group) is 1. The Labute approximate surface area is 232 Å². The molecule has 0 amide bonds. The van der Waals surface area contributed by atoms with E-state index in [1.165, 1.54) is 6.07 Å². The first-order chi connectivity index (χ1) is 19.2. The van der Waals surface area contributed by atoms with E-state index in [1.54, 1.807) is 25.3 Å². The van der Waals surface area contributed by atoms with Crippen LogP contribution in [0.3, 0.4) is 0 Å². The molecular weight excluding hydrogens is 514 g/mol. The number of nitrogens with one attached hydrogen (secondary N) is 1. The minimum absolute atomic E-state index is 0.0352. The minimum Gasteiger partial charge on any atom is -0.326 e. The normalized spacial score (nSPS) is 15.6. The number of nitrogens with zero attached hydrogens (tertiary/aromatic N) is 7. The molecule has 40 heavy (non-hydrogen) atoms. The number of Topliss-reactive ketones (excluding diaryl/α,β-unsaturated/α-hetero) is 1. The summed E-state index contributed by atoms with van der Waals surface area (Å²) in [6, 6.07) is 6.23. The Morgan fingerprint density at radius 3 is 2.40 bits per heavy atom. The predicted octanol–water partition coefficient (Wildman–Crippen LogP) is 5.07. The van der Waals surface area contributed by atoms with Crippen LogP contribution in [0.2, 0.25) is 0 Å². The summed E-state index contributed by atoms with van der Waals surface area (Å²) >= 11 is 0. The molecule has 0 radical (unpaired) electrons. The van der Waals surface area contributed by atoms with Crippen molar-refractivity contribution in [2.24, 2.45) is 0 Å². The molecule has 0 unspecified atom stereocenters. The third-order valence-corrected chi connectivity index (χ3v) is 7.41. The Balaban J connectivity index is 1.39. The summed E-state index contributed by atoms with van der Waals surface area (Å²) in [6.07, 6.45) is 2.72. The molecule has 1 fully saturated rings. The van der Waals surface area contributed by atoms with E-state index in [4.69, 9.17) is 0 Å². The molecule has 1 aliphatic heterocycles. The Kier molecular flexibility index (Phi) is 7.86. The molecule has 0 bridgehead atoms. The van der Waals surface area contributed by atoms with Crippen molar-refractivity contribution >= 4 is 28.6 Å². The molecule has 0 spiro atoms. The fourth-order valence-corrected chi connectivity index (χ4v) is 5.48. The van der Waals surface area contributed by atoms with Crippen LogP contribution in [0.15, 0.2) is 36.7 Å². The maximum absolute atomic E-state index is 15.0. The number of aryl methyl sites for hydroxylation is 1. The van der Waals surface area contributed by atoms with Crippen LogP contribution in [0.25, 0.3) is 22.3 Å². The highest BCUT2D eigenvalue weighted by atomic mass is 19.1. The lowest BCUT2D eigenvalue weighted by Gasteiger charge is -2.38. The van der Waals surface area contributed by atoms with Gasteiger partial charge in [0.15, 0.2) is 17.4 Å². The zero-order valence-corrected chi connectivity index (χ0v) is 23.4. The van der Waals surface area contributed by atoms with Crippen LogP contribution < -0.4 is 5.32 Å². The van der Waals surface area contributed by atoms with E-state index in [2.05, 4.69) is 42.0 Å². The number of hydrogen-bond acceptors (Lipinski definition) is 8. The lowest BCUT2D eigenvalue weighted by atomic mass is 10.0. The molecule has 1 aromatic carbocycles. The van der Waals surface area contributed by atoms with Gasteiger partial charge in [-0.2, -0.15) is 0 Å². The number of hydrogen-bond donors (Lipinski definition) is 1. The second kappa shape index (κ2) is 11.3. The number of fused-ring (bicyclic) bond motifs is 1. The topological polar surface area (TPSA) is 92.1 Å². The average molecular weight is 549 g/mol. The number of piperazine rings is 1. The number of ketones is 1. The molecule has 1 aliphatic rings. The molecule has 0 aliphatic carbocycles. The Bertz CT molecular complexity index is 1530. The molecule has 4 aromatic rings. The number of halogens is 2. The molecule has 1 atom stereocenters. The molecule has 1 saturated heterocycles. The second-order valence-electron chi connectivity index (χ2n) is 10.4. The van der Waals surface area contributed by atoms with E-state index in [1.807, 2.05) is 31.4 Å². The van der Waals surface area contributed by atoms with Crippen LogP contribution in [-0.2, 0) is 4.79 Å². The molecule has 5 rings (SSSR count). The zero-order chi connectivity index (χ0) is 28.6. The molecule has 1 N–H and O–H groups in total. The van der Waals surface area contributed by atoms with Crippen molar-refractivity contribution in [3.05, 3.63) is 59.7 Å². The molecule has 210 valence electrons. The second-order valence-corrected chi connectivity index (χ2v) is 10.4. The SMILES string of the molecule is CCN1CCN([C@@H](C(C)=O)c2ccc(Nc3ncc(F)c(-c4cc(F)c5nc(C)n(C(C)C)c5c4)n3)nc2)CC1. The van der Waals surface area contributed by atoms with Crippen LogP contribution in [0.1, 0.15) is 51.2 Å². The Morgan fingerprint density at radius 2 is 1.77 bits per heavy atom. The smallest absolute Gasteiger partial charge is 0.229 e. The largest absolute Gasteiger partial charge is 0.326 e. The third-order valence-electron chi connectivity index (χ3n) is 7.41. The lowest BCUT2D eigenvalue weighted by molar-refractivity contribution is -0.123. The van der Waals surface area contributed by atoms with E-state index >= 15 is 4.39 Å². The summed E-state index contributed by atoms with van der Waals surface area (Å²) in [4.78, 5) is 34.3. The fourth-order valence-electron chi connectivity index (χ4n) is 5.48. The molecule has 11 heteroatoms. The van der Waals surface area contributed by atoms with E-state index in [-0.39, 0.29) is 40.6 Å². The summed E-state index contributed by atoms with van der Waals surface area (Å²) in [5.41, 5.74) is 1.87. The molecule has 9 nitrogen and oxygen atoms in total. The van der Waals surface area contributed by atoms with Gasteiger partial charge >= 0.3 is 0 Å². The number of carbonyl (C=O) groups is 1. The predicted molar refractivity (Wildman–Crippen MR) is 150 cm³/mol. The summed E-state index contributed by atoms with van der Waals surface area (Å²) in [6.45, 7) is 14.0. The summed E-state index contributed by atoms with van der Waals surface area (Å²) in [5, 5.41) is 3.00. The van der Waals surface area contributed by atoms with Gasteiger partial charge in [-0.3, -0.25) is 9.69 Å². The van der Waals surface area contributed by atoms with Crippen molar-refractivity contribution in [1.29, 1.82) is 0 Å². The maximum Gasteiger partial charge on any atom is 0.229 e. The highest BCUT2D eigenvalue weighted by molar-refractivity contribution is 5.84. The Hall–Kier alpha value is -3.83. The Morgan fingerprint density at radius 1 is 1.02 bits per heavy atom. The van der Waals surface area contributed by atoms with Crippen molar-refractivity contribution in [3.63, 3.8) is 0 Å². The van der Waals surface area contributed by atoms with E-state index in [0.29, 0.717) is 17.2 Å². The number of aromatic nitrogens is 5. The van der Waals surface area contributed by atoms with E-state index < -0.39 is 11.6 Å². The van der Waals surface area contributed by atoms with Crippen molar-refractivity contribution in [2.45, 2.75) is 46.7 Å². The fraction of sp³-hybridized carbons (Fsp3) is 0.414. The number of carbonyl (C=O) groups excluding carboxylic acids is 1. The quantitative estimate of drug-likeness (QED) is 0.327. The van der Waals surface area contributed by atoms with E-state index in [0.717, 1.165) is 44.5 Å². The number of anilines is 2. The van der Waals surface area contributed by atoms with Gasteiger partial charge < -0.3 is 14.8 Å². The number of imidazole rings is 1. The molecule has 0 saturated carbocycles. The average Bonchev–Trinajstić information content (AvgIpc) is 3.27. The van der Waals surface area contributed by atoms with Crippen LogP contribution in [-0.4, -0.2) is 72.8 Å². The minimum atomic E-state index is -0.674. The van der Waals surface area contributed by atoms with Gasteiger partial charge in [0, 0.05) is 44.0 Å². The summed E-state index contributed by atoms with van der Waals surface area (Å²) in [5.74, 6) is 0.0795. The summed E-state index contributed by atoms with van der Waals surface area (Å²) < 4.78 is 31.8. The van der Waals surface area contributed by atoms with Gasteiger partial charge in [-0.25, -0.2) is 28.7 Å². The van der Waals surface area contributed by atoms with E-state index in [9.17, 15) is 9.18 Å². The molecule has 4 heterocycles. The lowest BCUT2D eigenvalue weighted by Crippen LogP contribution is -2.48.